The fraction of sp³-hybridized carbons (Fsp3) is 0.304. The second kappa shape index (κ2) is 11.2. The highest BCUT2D eigenvalue weighted by Crippen LogP contribution is 2.15. The highest BCUT2D eigenvalue weighted by Gasteiger charge is 1.99. The molecule has 0 aliphatic heterocycles. The Morgan fingerprint density at radius 3 is 2.28 bits per heavy atom. The van der Waals surface area contributed by atoms with E-state index in [1.54, 1.807) is 0 Å². The normalized spacial score (nSPS) is 12.3. The molecule has 0 fully saturated rings. The van der Waals surface area contributed by atoms with Gasteiger partial charge in [-0.25, -0.2) is 4.98 Å². The van der Waals surface area contributed by atoms with Gasteiger partial charge in [-0.05, 0) is 55.7 Å². The summed E-state index contributed by atoms with van der Waals surface area (Å²) in [4.78, 5) is 11.9. The average Bonchev–Trinajstić information content (AvgIpc) is 2.74. The van der Waals surface area contributed by atoms with Gasteiger partial charge in [-0.2, -0.15) is 5.10 Å². The van der Waals surface area contributed by atoms with Gasteiger partial charge in [0.05, 0.1) is 18.0 Å². The van der Waals surface area contributed by atoms with E-state index < -0.39 is 0 Å². The van der Waals surface area contributed by atoms with Crippen LogP contribution in [0.25, 0.3) is 12.2 Å². The van der Waals surface area contributed by atoms with Crippen molar-refractivity contribution in [3.05, 3.63) is 53.7 Å². The van der Waals surface area contributed by atoms with E-state index in [-0.39, 0.29) is 0 Å². The molecule has 0 unspecified atom stereocenters. The van der Waals surface area contributed by atoms with Crippen LogP contribution in [-0.2, 0) is 0 Å². The van der Waals surface area contributed by atoms with Crippen LogP contribution in [0.3, 0.4) is 0 Å². The molecule has 1 heterocycles. The Balaban J connectivity index is 1.95. The van der Waals surface area contributed by atoms with Crippen molar-refractivity contribution in [1.82, 2.24) is 4.98 Å². The van der Waals surface area contributed by atoms with Gasteiger partial charge >= 0.3 is 0 Å². The molecule has 0 aliphatic rings. The zero-order chi connectivity index (χ0) is 21.2. The Labute approximate surface area is 179 Å². The molecule has 2 rings (SSSR count). The summed E-state index contributed by atoms with van der Waals surface area (Å²) in [7, 11) is 4.07. The number of aromatic nitrogens is 1. The predicted octanol–water partition coefficient (Wildman–Crippen LogP) is 5.35. The molecule has 0 amide bonds. The molecule has 152 valence electrons. The lowest BCUT2D eigenvalue weighted by Crippen LogP contribution is -2.11. The van der Waals surface area contributed by atoms with Gasteiger partial charge in [-0.1, -0.05) is 43.4 Å². The number of thiocarbonyl (C=S) groups is 1. The van der Waals surface area contributed by atoms with Crippen LogP contribution >= 0.6 is 12.2 Å². The summed E-state index contributed by atoms with van der Waals surface area (Å²) in [6.07, 6.45) is 6.81. The minimum Gasteiger partial charge on any atom is -0.378 e. The fourth-order valence-corrected chi connectivity index (χ4v) is 2.37. The maximum Gasteiger partial charge on any atom is 0.146 e. The van der Waals surface area contributed by atoms with Crippen LogP contribution in [0.15, 0.2) is 52.7 Å². The number of hydrogen-bond donors (Lipinski definition) is 1. The number of nitrogens with zero attached hydrogens (tertiary/aromatic N) is 4. The lowest BCUT2D eigenvalue weighted by atomic mass is 10.1. The summed E-state index contributed by atoms with van der Waals surface area (Å²) in [6, 6.07) is 12.3. The van der Waals surface area contributed by atoms with Gasteiger partial charge in [0.2, 0.25) is 0 Å². The van der Waals surface area contributed by atoms with Crippen LogP contribution in [0.1, 0.15) is 38.3 Å². The molecular formula is C23H29N5S. The second-order valence-electron chi connectivity index (χ2n) is 6.90. The van der Waals surface area contributed by atoms with Crippen LogP contribution in [0, 0.1) is 0 Å². The van der Waals surface area contributed by atoms with E-state index in [2.05, 4.69) is 55.7 Å². The third-order valence-corrected chi connectivity index (χ3v) is 4.83. The van der Waals surface area contributed by atoms with Gasteiger partial charge in [-0.3, -0.25) is 10.4 Å². The van der Waals surface area contributed by atoms with Crippen LogP contribution in [0.5, 0.6) is 0 Å². The largest absolute Gasteiger partial charge is 0.378 e. The molecule has 1 aromatic carbocycles. The summed E-state index contributed by atoms with van der Waals surface area (Å²) >= 11 is 5.20. The molecule has 0 bridgehead atoms. The number of anilines is 2. The van der Waals surface area contributed by atoms with Gasteiger partial charge < -0.3 is 4.90 Å². The molecule has 0 atom stereocenters. The first-order chi connectivity index (χ1) is 13.9. The van der Waals surface area contributed by atoms with E-state index in [1.165, 1.54) is 5.69 Å². The second-order valence-corrected chi connectivity index (χ2v) is 7.48. The third kappa shape index (κ3) is 7.58. The van der Waals surface area contributed by atoms with Gasteiger partial charge in [-0.15, -0.1) is 0 Å². The molecule has 1 aromatic heterocycles. The van der Waals surface area contributed by atoms with Crippen molar-refractivity contribution in [2.45, 2.75) is 27.2 Å². The lowest BCUT2D eigenvalue weighted by Gasteiger charge is -2.11. The summed E-state index contributed by atoms with van der Waals surface area (Å²) in [5, 5.41) is 4.35. The van der Waals surface area contributed by atoms with Crippen molar-refractivity contribution >= 4 is 52.2 Å². The number of hydrogen-bond acceptors (Lipinski definition) is 6. The van der Waals surface area contributed by atoms with Crippen molar-refractivity contribution in [3.63, 3.8) is 0 Å². The highest BCUT2D eigenvalue weighted by atomic mass is 32.1. The monoisotopic (exact) mass is 407 g/mol. The molecular weight excluding hydrogens is 378 g/mol. The number of hydrazone groups is 1. The maximum absolute atomic E-state index is 5.20. The topological polar surface area (TPSA) is 52.9 Å². The van der Waals surface area contributed by atoms with Gasteiger partial charge in [0.25, 0.3) is 0 Å². The average molecular weight is 408 g/mol. The van der Waals surface area contributed by atoms with Crippen molar-refractivity contribution < 1.29 is 0 Å². The van der Waals surface area contributed by atoms with E-state index in [4.69, 9.17) is 12.2 Å². The van der Waals surface area contributed by atoms with E-state index in [0.29, 0.717) is 12.4 Å². The minimum absolute atomic E-state index is 0.571. The standard InChI is InChI=1S/C23H29N5S/c1-6-22(29)16-24-17(2)18(3)26-27-23-14-11-20(15-25-23)8-7-19-9-12-21(13-10-19)28(4)5/h7-15H,6,16H2,1-5H3,(H,25,27)/b8-7+,24-17?,26-18+. The van der Waals surface area contributed by atoms with Crippen molar-refractivity contribution in [2.24, 2.45) is 10.1 Å². The number of rotatable bonds is 9. The zero-order valence-electron chi connectivity index (χ0n) is 17.8. The zero-order valence-corrected chi connectivity index (χ0v) is 18.6. The van der Waals surface area contributed by atoms with Gasteiger partial charge in [0, 0.05) is 30.8 Å². The predicted molar refractivity (Wildman–Crippen MR) is 132 cm³/mol. The van der Waals surface area contributed by atoms with E-state index in [1.807, 2.05) is 59.3 Å². The molecule has 2 aromatic rings. The van der Waals surface area contributed by atoms with E-state index >= 15 is 0 Å². The fourth-order valence-electron chi connectivity index (χ4n) is 2.30. The Morgan fingerprint density at radius 2 is 1.69 bits per heavy atom. The molecule has 0 saturated carbocycles. The first-order valence-electron chi connectivity index (χ1n) is 9.64. The number of pyridine rings is 1. The Bertz CT molecular complexity index is 894. The molecule has 1 N–H and O–H groups in total. The quantitative estimate of drug-likeness (QED) is 0.346. The molecule has 6 heteroatoms. The number of nitrogens with one attached hydrogen (secondary N) is 1. The van der Waals surface area contributed by atoms with Crippen molar-refractivity contribution in [3.8, 4) is 0 Å². The van der Waals surface area contributed by atoms with Crippen LogP contribution in [-0.4, -0.2) is 41.9 Å². The molecule has 29 heavy (non-hydrogen) atoms. The van der Waals surface area contributed by atoms with Gasteiger partial charge in [0.1, 0.15) is 5.82 Å². The lowest BCUT2D eigenvalue weighted by molar-refractivity contribution is 1.13. The highest BCUT2D eigenvalue weighted by molar-refractivity contribution is 7.80. The van der Waals surface area contributed by atoms with Crippen LogP contribution in [0.4, 0.5) is 11.5 Å². The first kappa shape index (κ1) is 22.4. The Morgan fingerprint density at radius 1 is 1.03 bits per heavy atom. The van der Waals surface area contributed by atoms with E-state index in [9.17, 15) is 0 Å². The first-order valence-corrected chi connectivity index (χ1v) is 10.0. The van der Waals surface area contributed by atoms with Crippen LogP contribution in [0.2, 0.25) is 0 Å². The Kier molecular flexibility index (Phi) is 8.68. The number of benzene rings is 1. The smallest absolute Gasteiger partial charge is 0.146 e. The molecule has 0 saturated heterocycles. The maximum atomic E-state index is 5.20. The summed E-state index contributed by atoms with van der Waals surface area (Å²) in [5.74, 6) is 0.689. The summed E-state index contributed by atoms with van der Waals surface area (Å²) in [5.41, 5.74) is 8.02. The SMILES string of the molecule is CCC(=S)CN=C(C)/C(C)=N/Nc1ccc(/C=C/c2ccc(N(C)C)cc2)cn1. The van der Waals surface area contributed by atoms with E-state index in [0.717, 1.165) is 33.8 Å². The van der Waals surface area contributed by atoms with Crippen LogP contribution < -0.4 is 10.3 Å². The number of aliphatic imine (C=N–C) groups is 1. The summed E-state index contributed by atoms with van der Waals surface area (Å²) < 4.78 is 0. The van der Waals surface area contributed by atoms with Gasteiger partial charge in [0.15, 0.2) is 0 Å². The van der Waals surface area contributed by atoms with Crippen molar-refractivity contribution in [1.29, 1.82) is 0 Å². The molecule has 0 aliphatic carbocycles. The molecule has 0 radical (unpaired) electrons. The Hall–Kier alpha value is -2.86. The summed E-state index contributed by atoms with van der Waals surface area (Å²) in [6.45, 7) is 6.47. The molecule has 5 nitrogen and oxygen atoms in total. The molecule has 0 spiro atoms. The third-order valence-electron chi connectivity index (χ3n) is 4.41. The minimum atomic E-state index is 0.571. The van der Waals surface area contributed by atoms with Crippen molar-refractivity contribution in [2.75, 3.05) is 31.0 Å².